The van der Waals surface area contributed by atoms with E-state index in [0.29, 0.717) is 12.3 Å². The molecule has 1 aliphatic heterocycles. The minimum absolute atomic E-state index is 0. The zero-order valence-corrected chi connectivity index (χ0v) is 16.2. The number of carbonyl (C=O) groups excluding carboxylic acids is 1. The van der Waals surface area contributed by atoms with Crippen LogP contribution in [0.2, 0.25) is 5.02 Å². The Morgan fingerprint density at radius 3 is 2.79 bits per heavy atom. The molecular weight excluding hydrogens is 367 g/mol. The molecule has 1 saturated heterocycles. The van der Waals surface area contributed by atoms with Gasteiger partial charge in [-0.3, -0.25) is 4.79 Å². The van der Waals surface area contributed by atoms with Crippen molar-refractivity contribution in [3.8, 4) is 0 Å². The van der Waals surface area contributed by atoms with Crippen LogP contribution in [0.25, 0.3) is 0 Å². The molecule has 2 rings (SSSR count). The van der Waals surface area contributed by atoms with Crippen molar-refractivity contribution in [3.63, 3.8) is 0 Å². The van der Waals surface area contributed by atoms with Gasteiger partial charge in [0.1, 0.15) is 0 Å². The van der Waals surface area contributed by atoms with Crippen molar-refractivity contribution < 1.29 is 9.53 Å². The minimum atomic E-state index is 0. The van der Waals surface area contributed by atoms with Crippen LogP contribution in [0.1, 0.15) is 24.8 Å². The van der Waals surface area contributed by atoms with Crippen molar-refractivity contribution in [1.82, 2.24) is 4.90 Å². The Kier molecular flexibility index (Phi) is 10.8. The highest BCUT2D eigenvalue weighted by atomic mass is 35.5. The first-order valence-corrected chi connectivity index (χ1v) is 9.64. The van der Waals surface area contributed by atoms with E-state index in [0.717, 1.165) is 55.3 Å². The first-order chi connectivity index (χ1) is 11.2. The number of carbonyl (C=O) groups is 1. The second kappa shape index (κ2) is 12.0. The number of likely N-dealkylation sites (tertiary alicyclic amines) is 1. The summed E-state index contributed by atoms with van der Waals surface area (Å²) in [6, 6.07) is 7.78. The molecule has 0 aliphatic carbocycles. The van der Waals surface area contributed by atoms with Crippen LogP contribution >= 0.6 is 35.8 Å². The van der Waals surface area contributed by atoms with E-state index in [4.69, 9.17) is 22.1 Å². The highest BCUT2D eigenvalue weighted by Crippen LogP contribution is 2.19. The maximum absolute atomic E-state index is 12.2. The number of hydrogen-bond donors (Lipinski definition) is 1. The lowest BCUT2D eigenvalue weighted by Crippen LogP contribution is -2.41. The smallest absolute Gasteiger partial charge is 0.232 e. The number of halogens is 2. The van der Waals surface area contributed by atoms with E-state index < -0.39 is 0 Å². The lowest BCUT2D eigenvalue weighted by molar-refractivity contribution is -0.130. The Bertz CT molecular complexity index is 497. The Morgan fingerprint density at radius 1 is 1.38 bits per heavy atom. The van der Waals surface area contributed by atoms with Gasteiger partial charge in [-0.05, 0) is 43.5 Å². The average Bonchev–Trinajstić information content (AvgIpc) is 2.56. The summed E-state index contributed by atoms with van der Waals surface area (Å²) >= 11 is 7.60. The monoisotopic (exact) mass is 392 g/mol. The molecule has 0 aromatic heterocycles. The van der Waals surface area contributed by atoms with Crippen LogP contribution in [0, 0.1) is 0 Å². The molecule has 0 bridgehead atoms. The van der Waals surface area contributed by atoms with Crippen molar-refractivity contribution in [2.45, 2.75) is 31.1 Å². The van der Waals surface area contributed by atoms with E-state index in [-0.39, 0.29) is 24.4 Å². The van der Waals surface area contributed by atoms with E-state index in [1.807, 2.05) is 29.2 Å². The highest BCUT2D eigenvalue weighted by molar-refractivity contribution is 7.99. The van der Waals surface area contributed by atoms with Crippen LogP contribution in [-0.4, -0.2) is 48.9 Å². The summed E-state index contributed by atoms with van der Waals surface area (Å²) < 4.78 is 5.77. The third kappa shape index (κ3) is 7.62. The van der Waals surface area contributed by atoms with Gasteiger partial charge in [0.2, 0.25) is 5.91 Å². The number of nitrogens with two attached hydrogens (primary N) is 1. The summed E-state index contributed by atoms with van der Waals surface area (Å²) in [5.74, 6) is 1.55. The standard InChI is InChI=1S/C17H25ClN2O2S.ClH/c18-15-4-1-3-14(11-15)12-23-13-17(21)20-8-5-16(6-9-20)22-10-2-7-19;/h1,3-4,11,16H,2,5-10,12-13,19H2;1H. The van der Waals surface area contributed by atoms with Gasteiger partial charge in [-0.2, -0.15) is 0 Å². The SMILES string of the molecule is Cl.NCCCOC1CCN(C(=O)CSCc2cccc(Cl)c2)CC1. The van der Waals surface area contributed by atoms with Crippen molar-refractivity contribution in [2.24, 2.45) is 5.73 Å². The summed E-state index contributed by atoms with van der Waals surface area (Å²) in [6.07, 6.45) is 3.04. The zero-order valence-electron chi connectivity index (χ0n) is 13.8. The largest absolute Gasteiger partial charge is 0.378 e. The van der Waals surface area contributed by atoms with Crippen LogP contribution in [0.3, 0.4) is 0 Å². The average molecular weight is 393 g/mol. The molecule has 1 fully saturated rings. The normalized spacial score (nSPS) is 15.2. The molecule has 0 spiro atoms. The Hall–Kier alpha value is -0.460. The van der Waals surface area contributed by atoms with Crippen molar-refractivity contribution in [1.29, 1.82) is 0 Å². The first kappa shape index (κ1) is 21.6. The van der Waals surface area contributed by atoms with E-state index in [1.165, 1.54) is 0 Å². The van der Waals surface area contributed by atoms with Gasteiger partial charge in [-0.15, -0.1) is 24.2 Å². The predicted octanol–water partition coefficient (Wildman–Crippen LogP) is 3.35. The molecule has 0 saturated carbocycles. The number of piperidine rings is 1. The van der Waals surface area contributed by atoms with Gasteiger partial charge in [-0.25, -0.2) is 0 Å². The van der Waals surface area contributed by atoms with Gasteiger partial charge in [0.25, 0.3) is 0 Å². The number of amides is 1. The lowest BCUT2D eigenvalue weighted by atomic mass is 10.1. The van der Waals surface area contributed by atoms with Gasteiger partial charge >= 0.3 is 0 Å². The van der Waals surface area contributed by atoms with Gasteiger partial charge in [0, 0.05) is 30.5 Å². The van der Waals surface area contributed by atoms with Crippen molar-refractivity contribution >= 4 is 41.7 Å². The number of nitrogens with zero attached hydrogens (tertiary/aromatic N) is 1. The van der Waals surface area contributed by atoms with E-state index >= 15 is 0 Å². The molecule has 136 valence electrons. The third-order valence-electron chi connectivity index (χ3n) is 3.88. The fourth-order valence-corrected chi connectivity index (χ4v) is 3.67. The molecule has 7 heteroatoms. The molecule has 1 heterocycles. The fourth-order valence-electron chi connectivity index (χ4n) is 2.58. The van der Waals surface area contributed by atoms with Gasteiger partial charge in [-0.1, -0.05) is 23.7 Å². The topological polar surface area (TPSA) is 55.6 Å². The number of rotatable bonds is 8. The van der Waals surface area contributed by atoms with Gasteiger partial charge < -0.3 is 15.4 Å². The van der Waals surface area contributed by atoms with Crippen LogP contribution in [0.15, 0.2) is 24.3 Å². The summed E-state index contributed by atoms with van der Waals surface area (Å²) in [6.45, 7) is 2.99. The van der Waals surface area contributed by atoms with E-state index in [9.17, 15) is 4.79 Å². The summed E-state index contributed by atoms with van der Waals surface area (Å²) in [5.41, 5.74) is 6.62. The van der Waals surface area contributed by atoms with Crippen LogP contribution in [0.4, 0.5) is 0 Å². The second-order valence-electron chi connectivity index (χ2n) is 5.72. The van der Waals surface area contributed by atoms with Crippen molar-refractivity contribution in [2.75, 3.05) is 32.0 Å². The molecule has 24 heavy (non-hydrogen) atoms. The molecule has 0 unspecified atom stereocenters. The quantitative estimate of drug-likeness (QED) is 0.689. The maximum atomic E-state index is 12.2. The molecule has 1 amide bonds. The van der Waals surface area contributed by atoms with Crippen LogP contribution in [-0.2, 0) is 15.3 Å². The van der Waals surface area contributed by atoms with Gasteiger partial charge in [0.05, 0.1) is 11.9 Å². The molecule has 0 atom stereocenters. The third-order valence-corrected chi connectivity index (χ3v) is 5.10. The van der Waals surface area contributed by atoms with E-state index in [2.05, 4.69) is 0 Å². The first-order valence-electron chi connectivity index (χ1n) is 8.10. The molecule has 1 aliphatic rings. The number of ether oxygens (including phenoxy) is 1. The predicted molar refractivity (Wildman–Crippen MR) is 104 cm³/mol. The Balaban J connectivity index is 0.00000288. The molecule has 4 nitrogen and oxygen atoms in total. The zero-order chi connectivity index (χ0) is 16.5. The summed E-state index contributed by atoms with van der Waals surface area (Å²) in [5, 5.41) is 0.742. The molecule has 1 aromatic carbocycles. The van der Waals surface area contributed by atoms with Gasteiger partial charge in [0.15, 0.2) is 0 Å². The van der Waals surface area contributed by atoms with Crippen molar-refractivity contribution in [3.05, 3.63) is 34.9 Å². The van der Waals surface area contributed by atoms with E-state index in [1.54, 1.807) is 11.8 Å². The van der Waals surface area contributed by atoms with Crippen LogP contribution < -0.4 is 5.73 Å². The maximum Gasteiger partial charge on any atom is 0.232 e. The number of benzene rings is 1. The second-order valence-corrected chi connectivity index (χ2v) is 7.14. The number of hydrogen-bond acceptors (Lipinski definition) is 4. The molecule has 2 N–H and O–H groups in total. The molecule has 0 radical (unpaired) electrons. The lowest BCUT2D eigenvalue weighted by Gasteiger charge is -2.32. The minimum Gasteiger partial charge on any atom is -0.378 e. The Morgan fingerprint density at radius 2 is 2.12 bits per heavy atom. The fraction of sp³-hybridized carbons (Fsp3) is 0.588. The summed E-state index contributed by atoms with van der Waals surface area (Å²) in [4.78, 5) is 14.2. The molecule has 1 aromatic rings. The summed E-state index contributed by atoms with van der Waals surface area (Å²) in [7, 11) is 0. The highest BCUT2D eigenvalue weighted by Gasteiger charge is 2.22. The Labute approximate surface area is 159 Å². The number of thioether (sulfide) groups is 1. The van der Waals surface area contributed by atoms with Crippen LogP contribution in [0.5, 0.6) is 0 Å². The molecular formula is C17H26Cl2N2O2S.